The summed E-state index contributed by atoms with van der Waals surface area (Å²) >= 11 is 0. The SMILES string of the molecule is C[C@@H]1COCCN1c1nc(-n2cnc3ccccc32)nc(N)c1C[C@H](C)S(=O)C1COC1. The Morgan fingerprint density at radius 2 is 2.03 bits per heavy atom. The molecule has 170 valence electrons. The molecule has 2 aromatic heterocycles. The Hall–Kier alpha value is -2.56. The second-order valence-corrected chi connectivity index (χ2v) is 10.6. The highest BCUT2D eigenvalue weighted by Crippen LogP contribution is 2.30. The number of nitrogens with two attached hydrogens (primary N) is 1. The van der Waals surface area contributed by atoms with Crippen molar-refractivity contribution in [1.29, 1.82) is 0 Å². The van der Waals surface area contributed by atoms with Gasteiger partial charge in [0.1, 0.15) is 18.0 Å². The molecule has 0 aliphatic carbocycles. The average molecular weight is 457 g/mol. The summed E-state index contributed by atoms with van der Waals surface area (Å²) in [5.74, 6) is 1.68. The van der Waals surface area contributed by atoms with Gasteiger partial charge in [-0.2, -0.15) is 9.97 Å². The number of anilines is 2. The molecule has 3 atom stereocenters. The number of hydrogen-bond donors (Lipinski definition) is 1. The molecule has 0 saturated carbocycles. The van der Waals surface area contributed by atoms with E-state index in [2.05, 4.69) is 21.8 Å². The molecule has 1 aromatic carbocycles. The van der Waals surface area contributed by atoms with Gasteiger partial charge < -0.3 is 20.1 Å². The molecule has 2 aliphatic heterocycles. The van der Waals surface area contributed by atoms with Crippen molar-refractivity contribution >= 4 is 33.5 Å². The first kappa shape index (κ1) is 21.3. The van der Waals surface area contributed by atoms with E-state index in [1.54, 1.807) is 6.33 Å². The number of rotatable bonds is 6. The molecule has 2 N–H and O–H groups in total. The van der Waals surface area contributed by atoms with Gasteiger partial charge in [-0.25, -0.2) is 4.98 Å². The lowest BCUT2D eigenvalue weighted by molar-refractivity contribution is 0.0432. The van der Waals surface area contributed by atoms with E-state index < -0.39 is 10.8 Å². The Morgan fingerprint density at radius 1 is 1.22 bits per heavy atom. The molecule has 2 aliphatic rings. The second kappa shape index (κ2) is 8.76. The minimum atomic E-state index is -1.00. The molecular weight excluding hydrogens is 428 g/mol. The first-order valence-corrected chi connectivity index (χ1v) is 12.2. The lowest BCUT2D eigenvalue weighted by Crippen LogP contribution is -2.45. The molecular formula is C22H28N6O3S. The van der Waals surface area contributed by atoms with Gasteiger partial charge in [0.05, 0.1) is 48.8 Å². The summed E-state index contributed by atoms with van der Waals surface area (Å²) in [5, 5.41) is 0.0133. The van der Waals surface area contributed by atoms with Crippen LogP contribution in [0, 0.1) is 0 Å². The number of imidazole rings is 1. The molecule has 10 heteroatoms. The van der Waals surface area contributed by atoms with Crippen LogP contribution in [0.3, 0.4) is 0 Å². The summed E-state index contributed by atoms with van der Waals surface area (Å²) in [6, 6.07) is 8.00. The first-order valence-electron chi connectivity index (χ1n) is 10.9. The molecule has 1 unspecified atom stereocenters. The number of ether oxygens (including phenoxy) is 2. The lowest BCUT2D eigenvalue weighted by atomic mass is 10.1. The Kier molecular flexibility index (Phi) is 5.83. The third kappa shape index (κ3) is 3.87. The van der Waals surface area contributed by atoms with Crippen LogP contribution < -0.4 is 10.6 Å². The van der Waals surface area contributed by atoms with Gasteiger partial charge in [-0.05, 0) is 25.5 Å². The Bertz CT molecular complexity index is 1150. The highest BCUT2D eigenvalue weighted by Gasteiger charge is 2.32. The van der Waals surface area contributed by atoms with Crippen LogP contribution in [-0.4, -0.2) is 73.2 Å². The van der Waals surface area contributed by atoms with Gasteiger partial charge in [0.25, 0.3) is 0 Å². The number of morpholine rings is 1. The molecule has 0 spiro atoms. The van der Waals surface area contributed by atoms with Crippen molar-refractivity contribution in [3.05, 3.63) is 36.2 Å². The Balaban J connectivity index is 1.57. The molecule has 0 amide bonds. The van der Waals surface area contributed by atoms with Crippen molar-refractivity contribution in [2.75, 3.05) is 43.6 Å². The van der Waals surface area contributed by atoms with E-state index in [4.69, 9.17) is 20.2 Å². The normalized spacial score (nSPS) is 21.4. The largest absolute Gasteiger partial charge is 0.383 e. The molecule has 32 heavy (non-hydrogen) atoms. The number of hydrogen-bond acceptors (Lipinski definition) is 8. The average Bonchev–Trinajstić information content (AvgIpc) is 3.18. The molecule has 0 radical (unpaired) electrons. The molecule has 2 saturated heterocycles. The number of benzene rings is 1. The summed E-state index contributed by atoms with van der Waals surface area (Å²) in [6.07, 6.45) is 2.26. The number of fused-ring (bicyclic) bond motifs is 1. The van der Waals surface area contributed by atoms with Crippen LogP contribution >= 0.6 is 0 Å². The molecule has 5 rings (SSSR count). The van der Waals surface area contributed by atoms with E-state index in [-0.39, 0.29) is 16.5 Å². The van der Waals surface area contributed by atoms with Crippen LogP contribution in [-0.2, 0) is 26.7 Å². The summed E-state index contributed by atoms with van der Waals surface area (Å²) in [5.41, 5.74) is 9.15. The van der Waals surface area contributed by atoms with Crippen molar-refractivity contribution in [2.24, 2.45) is 0 Å². The van der Waals surface area contributed by atoms with Crippen LogP contribution in [0.2, 0.25) is 0 Å². The lowest BCUT2D eigenvalue weighted by Gasteiger charge is -2.36. The summed E-state index contributed by atoms with van der Waals surface area (Å²) < 4.78 is 25.6. The standard InChI is InChI=1S/C22H28N6O3S/c1-14-10-30-8-7-27(14)21-17(9-15(2)32(29)16-11-31-12-16)20(23)25-22(26-21)28-13-24-18-5-3-4-6-19(18)28/h3-6,13-16H,7-12H2,1-2H3,(H2,23,25,26)/t14-,15+,32?/m1/s1. The van der Waals surface area contributed by atoms with Gasteiger partial charge >= 0.3 is 0 Å². The summed E-state index contributed by atoms with van der Waals surface area (Å²) in [7, 11) is -1.00. The van der Waals surface area contributed by atoms with E-state index in [9.17, 15) is 4.21 Å². The fraction of sp³-hybridized carbons (Fsp3) is 0.500. The fourth-order valence-corrected chi connectivity index (χ4v) is 5.67. The van der Waals surface area contributed by atoms with Crippen LogP contribution in [0.25, 0.3) is 17.0 Å². The quantitative estimate of drug-likeness (QED) is 0.597. The predicted molar refractivity (Wildman–Crippen MR) is 125 cm³/mol. The summed E-state index contributed by atoms with van der Waals surface area (Å²) in [6.45, 7) is 7.18. The zero-order chi connectivity index (χ0) is 22.2. The van der Waals surface area contributed by atoms with Crippen LogP contribution in [0.4, 0.5) is 11.6 Å². The number of para-hydroxylation sites is 2. The van der Waals surface area contributed by atoms with Crippen molar-refractivity contribution in [2.45, 2.75) is 36.8 Å². The van der Waals surface area contributed by atoms with E-state index >= 15 is 0 Å². The topological polar surface area (TPSA) is 108 Å². The van der Waals surface area contributed by atoms with Gasteiger partial charge in [-0.1, -0.05) is 19.1 Å². The van der Waals surface area contributed by atoms with Crippen LogP contribution in [0.1, 0.15) is 19.4 Å². The van der Waals surface area contributed by atoms with Gasteiger partial charge in [-0.15, -0.1) is 0 Å². The molecule has 2 fully saturated rings. The van der Waals surface area contributed by atoms with Gasteiger partial charge in [0, 0.05) is 28.2 Å². The highest BCUT2D eigenvalue weighted by molar-refractivity contribution is 7.86. The molecule has 3 aromatic rings. The van der Waals surface area contributed by atoms with E-state index in [0.717, 1.165) is 22.4 Å². The third-order valence-corrected chi connectivity index (χ3v) is 8.03. The highest BCUT2D eigenvalue weighted by atomic mass is 32.2. The Morgan fingerprint density at radius 3 is 2.78 bits per heavy atom. The van der Waals surface area contributed by atoms with Crippen LogP contribution in [0.15, 0.2) is 30.6 Å². The van der Waals surface area contributed by atoms with E-state index in [0.29, 0.717) is 51.2 Å². The second-order valence-electron chi connectivity index (χ2n) is 8.43. The first-order chi connectivity index (χ1) is 15.5. The molecule has 9 nitrogen and oxygen atoms in total. The molecule has 4 heterocycles. The zero-order valence-corrected chi connectivity index (χ0v) is 19.1. The number of nitrogens with zero attached hydrogens (tertiary/aromatic N) is 5. The fourth-order valence-electron chi connectivity index (χ4n) is 4.22. The van der Waals surface area contributed by atoms with Crippen LogP contribution in [0.5, 0.6) is 0 Å². The minimum absolute atomic E-state index is 0.0789. The van der Waals surface area contributed by atoms with Gasteiger partial charge in [0.2, 0.25) is 5.95 Å². The maximum absolute atomic E-state index is 12.9. The minimum Gasteiger partial charge on any atom is -0.383 e. The van der Waals surface area contributed by atoms with Crippen molar-refractivity contribution < 1.29 is 13.7 Å². The van der Waals surface area contributed by atoms with Crippen molar-refractivity contribution in [1.82, 2.24) is 19.5 Å². The van der Waals surface area contributed by atoms with E-state index in [1.165, 1.54) is 0 Å². The third-order valence-electron chi connectivity index (χ3n) is 6.14. The van der Waals surface area contributed by atoms with Gasteiger partial charge in [-0.3, -0.25) is 8.78 Å². The van der Waals surface area contributed by atoms with E-state index in [1.807, 2.05) is 35.8 Å². The maximum Gasteiger partial charge on any atom is 0.239 e. The van der Waals surface area contributed by atoms with Gasteiger partial charge in [0.15, 0.2) is 0 Å². The smallest absolute Gasteiger partial charge is 0.239 e. The number of aromatic nitrogens is 4. The molecule has 0 bridgehead atoms. The van der Waals surface area contributed by atoms with Crippen molar-refractivity contribution in [3.63, 3.8) is 0 Å². The van der Waals surface area contributed by atoms with Crippen molar-refractivity contribution in [3.8, 4) is 5.95 Å². The maximum atomic E-state index is 12.9. The Labute approximate surface area is 189 Å². The summed E-state index contributed by atoms with van der Waals surface area (Å²) in [4.78, 5) is 16.3. The monoisotopic (exact) mass is 456 g/mol. The number of nitrogen functional groups attached to an aromatic ring is 1. The predicted octanol–water partition coefficient (Wildman–Crippen LogP) is 1.70. The zero-order valence-electron chi connectivity index (χ0n) is 18.3.